The van der Waals surface area contributed by atoms with Gasteiger partial charge in [0.1, 0.15) is 5.69 Å². The summed E-state index contributed by atoms with van der Waals surface area (Å²) in [7, 11) is 0. The largest absolute Gasteiger partial charge is 0.392 e. The van der Waals surface area contributed by atoms with Gasteiger partial charge >= 0.3 is 0 Å². The van der Waals surface area contributed by atoms with Crippen LogP contribution in [0.25, 0.3) is 0 Å². The normalized spacial score (nSPS) is 10.1. The van der Waals surface area contributed by atoms with Crippen molar-refractivity contribution in [3.8, 4) is 0 Å². The summed E-state index contributed by atoms with van der Waals surface area (Å²) in [6.07, 6.45) is 0.773. The number of nitroso groups, excluding NO2 is 1. The van der Waals surface area contributed by atoms with Crippen molar-refractivity contribution < 1.29 is 5.11 Å². The van der Waals surface area contributed by atoms with Gasteiger partial charge in [0.05, 0.1) is 11.6 Å². The van der Waals surface area contributed by atoms with Gasteiger partial charge in [-0.3, -0.25) is 0 Å². The molecule has 1 aromatic rings. The average Bonchev–Trinajstić information content (AvgIpc) is 2.17. The zero-order valence-corrected chi connectivity index (χ0v) is 8.01. The molecule has 0 bridgehead atoms. The third-order valence-corrected chi connectivity index (χ3v) is 2.22. The molecule has 0 aliphatic heterocycles. The summed E-state index contributed by atoms with van der Waals surface area (Å²) < 4.78 is 0. The van der Waals surface area contributed by atoms with Crippen LogP contribution >= 0.6 is 11.6 Å². The summed E-state index contributed by atoms with van der Waals surface area (Å²) in [5, 5.41) is 12.1. The Morgan fingerprint density at radius 1 is 1.46 bits per heavy atom. The maximum Gasteiger partial charge on any atom is 0.126 e. The molecule has 0 aromatic heterocycles. The lowest BCUT2D eigenvalue weighted by Gasteiger charge is -2.06. The quantitative estimate of drug-likeness (QED) is 0.761. The topological polar surface area (TPSA) is 49.7 Å². The van der Waals surface area contributed by atoms with Crippen LogP contribution in [-0.2, 0) is 13.0 Å². The molecule has 4 heteroatoms. The Kier molecular flexibility index (Phi) is 3.39. The highest BCUT2D eigenvalue weighted by Crippen LogP contribution is 2.28. The number of benzene rings is 1. The smallest absolute Gasteiger partial charge is 0.126 e. The number of nitrogens with zero attached hydrogens (tertiary/aromatic N) is 1. The van der Waals surface area contributed by atoms with E-state index in [1.54, 1.807) is 6.07 Å². The Hall–Kier alpha value is -0.930. The molecule has 0 atom stereocenters. The fraction of sp³-hybridized carbons (Fsp3) is 0.333. The molecule has 1 rings (SSSR count). The van der Waals surface area contributed by atoms with Crippen LogP contribution in [0.1, 0.15) is 18.1 Å². The summed E-state index contributed by atoms with van der Waals surface area (Å²) >= 11 is 5.76. The summed E-state index contributed by atoms with van der Waals surface area (Å²) in [4.78, 5) is 10.3. The third-order valence-electron chi connectivity index (χ3n) is 1.92. The molecule has 0 radical (unpaired) electrons. The second kappa shape index (κ2) is 4.35. The van der Waals surface area contributed by atoms with Gasteiger partial charge in [0.2, 0.25) is 0 Å². The fourth-order valence-electron chi connectivity index (χ4n) is 1.19. The van der Waals surface area contributed by atoms with E-state index in [-0.39, 0.29) is 12.3 Å². The molecule has 0 saturated heterocycles. The lowest BCUT2D eigenvalue weighted by molar-refractivity contribution is 0.280. The predicted molar refractivity (Wildman–Crippen MR) is 52.2 cm³/mol. The van der Waals surface area contributed by atoms with Crippen LogP contribution in [0.3, 0.4) is 0 Å². The molecule has 0 unspecified atom stereocenters. The van der Waals surface area contributed by atoms with E-state index in [1.807, 2.05) is 6.92 Å². The number of hydrogen-bond acceptors (Lipinski definition) is 3. The van der Waals surface area contributed by atoms with Crippen molar-refractivity contribution in [2.75, 3.05) is 0 Å². The highest BCUT2D eigenvalue weighted by Gasteiger charge is 2.06. The van der Waals surface area contributed by atoms with E-state index >= 15 is 0 Å². The number of aliphatic hydroxyl groups is 1. The third kappa shape index (κ3) is 2.05. The minimum atomic E-state index is -0.0944. The predicted octanol–water partition coefficient (Wildman–Crippen LogP) is 2.79. The van der Waals surface area contributed by atoms with Crippen LogP contribution in [0.2, 0.25) is 5.02 Å². The number of aliphatic hydroxyl groups excluding tert-OH is 1. The maximum absolute atomic E-state index is 10.3. The molecule has 70 valence electrons. The van der Waals surface area contributed by atoms with Gasteiger partial charge in [0, 0.05) is 0 Å². The Balaban J connectivity index is 3.26. The van der Waals surface area contributed by atoms with Crippen molar-refractivity contribution in [3.05, 3.63) is 33.2 Å². The van der Waals surface area contributed by atoms with Crippen molar-refractivity contribution in [2.24, 2.45) is 5.18 Å². The standard InChI is InChI=1S/C9H10ClNO2/c1-2-6-3-8(10)9(11-13)4-7(6)5-12/h3-4,12H,2,5H2,1H3. The molecule has 3 nitrogen and oxygen atoms in total. The van der Waals surface area contributed by atoms with Gasteiger partial charge < -0.3 is 5.11 Å². The Morgan fingerprint density at radius 3 is 2.62 bits per heavy atom. The van der Waals surface area contributed by atoms with Crippen molar-refractivity contribution in [1.29, 1.82) is 0 Å². The summed E-state index contributed by atoms with van der Waals surface area (Å²) in [5.74, 6) is 0. The van der Waals surface area contributed by atoms with Gasteiger partial charge in [-0.1, -0.05) is 18.5 Å². The first kappa shape index (κ1) is 10.2. The number of hydrogen-bond donors (Lipinski definition) is 1. The van der Waals surface area contributed by atoms with Gasteiger partial charge in [0.15, 0.2) is 0 Å². The van der Waals surface area contributed by atoms with E-state index in [2.05, 4.69) is 5.18 Å². The number of halogens is 1. The van der Waals surface area contributed by atoms with Crippen LogP contribution < -0.4 is 0 Å². The molecule has 13 heavy (non-hydrogen) atoms. The molecule has 0 aliphatic carbocycles. The highest BCUT2D eigenvalue weighted by atomic mass is 35.5. The van der Waals surface area contributed by atoms with E-state index < -0.39 is 0 Å². The van der Waals surface area contributed by atoms with Crippen LogP contribution in [0.5, 0.6) is 0 Å². The van der Waals surface area contributed by atoms with Gasteiger partial charge in [-0.15, -0.1) is 4.91 Å². The molecular weight excluding hydrogens is 190 g/mol. The molecule has 0 fully saturated rings. The highest BCUT2D eigenvalue weighted by molar-refractivity contribution is 6.33. The molecule has 1 aromatic carbocycles. The molecule has 1 N–H and O–H groups in total. The molecular formula is C9H10ClNO2. The summed E-state index contributed by atoms with van der Waals surface area (Å²) in [6, 6.07) is 3.19. The lowest BCUT2D eigenvalue weighted by Crippen LogP contribution is -1.92. The Labute approximate surface area is 81.3 Å². The average molecular weight is 200 g/mol. The minimum Gasteiger partial charge on any atom is -0.392 e. The number of rotatable bonds is 3. The van der Waals surface area contributed by atoms with Crippen LogP contribution in [0, 0.1) is 4.91 Å². The SMILES string of the molecule is CCc1cc(Cl)c(N=O)cc1CO. The van der Waals surface area contributed by atoms with Crippen molar-refractivity contribution in [3.63, 3.8) is 0 Å². The molecule has 0 aliphatic rings. The summed E-state index contributed by atoms with van der Waals surface area (Å²) in [5.41, 5.74) is 1.84. The Morgan fingerprint density at radius 2 is 2.15 bits per heavy atom. The van der Waals surface area contributed by atoms with Gasteiger partial charge in [0.25, 0.3) is 0 Å². The maximum atomic E-state index is 10.3. The summed E-state index contributed by atoms with van der Waals surface area (Å²) in [6.45, 7) is 1.86. The van der Waals surface area contributed by atoms with E-state index in [0.29, 0.717) is 10.6 Å². The zero-order valence-electron chi connectivity index (χ0n) is 7.25. The van der Waals surface area contributed by atoms with E-state index in [0.717, 1.165) is 12.0 Å². The molecule has 0 saturated carbocycles. The van der Waals surface area contributed by atoms with Crippen LogP contribution in [0.4, 0.5) is 5.69 Å². The zero-order chi connectivity index (χ0) is 9.84. The van der Waals surface area contributed by atoms with Crippen LogP contribution in [0.15, 0.2) is 17.3 Å². The second-order valence-electron chi connectivity index (χ2n) is 2.68. The first-order chi connectivity index (χ1) is 6.22. The Bertz CT molecular complexity index is 326. The van der Waals surface area contributed by atoms with Gasteiger partial charge in [-0.25, -0.2) is 0 Å². The first-order valence-electron chi connectivity index (χ1n) is 3.98. The molecule has 0 amide bonds. The second-order valence-corrected chi connectivity index (χ2v) is 3.08. The molecule has 0 spiro atoms. The number of aryl methyl sites for hydroxylation is 1. The van der Waals surface area contributed by atoms with Gasteiger partial charge in [-0.2, -0.15) is 0 Å². The van der Waals surface area contributed by atoms with E-state index in [1.165, 1.54) is 6.07 Å². The lowest BCUT2D eigenvalue weighted by atomic mass is 10.1. The van der Waals surface area contributed by atoms with E-state index in [9.17, 15) is 4.91 Å². The van der Waals surface area contributed by atoms with Crippen molar-refractivity contribution >= 4 is 17.3 Å². The van der Waals surface area contributed by atoms with E-state index in [4.69, 9.17) is 16.7 Å². The van der Waals surface area contributed by atoms with Crippen molar-refractivity contribution in [2.45, 2.75) is 20.0 Å². The first-order valence-corrected chi connectivity index (χ1v) is 4.36. The van der Waals surface area contributed by atoms with Crippen molar-refractivity contribution in [1.82, 2.24) is 0 Å². The monoisotopic (exact) mass is 199 g/mol. The fourth-order valence-corrected chi connectivity index (χ4v) is 1.41. The minimum absolute atomic E-state index is 0.0944. The van der Waals surface area contributed by atoms with Crippen LogP contribution in [-0.4, -0.2) is 5.11 Å². The van der Waals surface area contributed by atoms with Gasteiger partial charge in [-0.05, 0) is 34.9 Å². The molecule has 0 heterocycles.